The van der Waals surface area contributed by atoms with Crippen molar-refractivity contribution in [3.63, 3.8) is 0 Å². The minimum absolute atomic E-state index is 0. The van der Waals surface area contributed by atoms with Gasteiger partial charge in [-0.3, -0.25) is 0 Å². The number of anilines is 2. The summed E-state index contributed by atoms with van der Waals surface area (Å²) in [6, 6.07) is 17.2. The van der Waals surface area contributed by atoms with Crippen LogP contribution in [-0.4, -0.2) is 23.0 Å². The number of hydrogen-bond donors (Lipinski definition) is 1. The first kappa shape index (κ1) is 19.4. The standard InChI is InChI=1S/C20H19N3O2.ClH/c1-13-6-4-7-15(10-13)18-12-19(22-14(2)21-18)23-17-9-5-8-16(11-17)20(24)25-3;/h4-12H,1-3H3,(H,21,22,23);1H. The van der Waals surface area contributed by atoms with E-state index in [1.807, 2.05) is 31.2 Å². The normalized spacial score (nSPS) is 9.96. The lowest BCUT2D eigenvalue weighted by Crippen LogP contribution is -2.03. The average Bonchev–Trinajstić information content (AvgIpc) is 2.61. The Labute approximate surface area is 158 Å². The van der Waals surface area contributed by atoms with Crippen LogP contribution in [0.15, 0.2) is 54.6 Å². The highest BCUT2D eigenvalue weighted by molar-refractivity contribution is 5.90. The summed E-state index contributed by atoms with van der Waals surface area (Å²) in [5.41, 5.74) is 4.31. The summed E-state index contributed by atoms with van der Waals surface area (Å²) in [5.74, 6) is 0.972. The zero-order valence-electron chi connectivity index (χ0n) is 14.8. The van der Waals surface area contributed by atoms with Gasteiger partial charge >= 0.3 is 5.97 Å². The Bertz CT molecular complexity index is 928. The summed E-state index contributed by atoms with van der Waals surface area (Å²) in [6.45, 7) is 3.91. The van der Waals surface area contributed by atoms with Gasteiger partial charge in [-0.2, -0.15) is 0 Å². The summed E-state index contributed by atoms with van der Waals surface area (Å²) >= 11 is 0. The van der Waals surface area contributed by atoms with Gasteiger partial charge < -0.3 is 10.1 Å². The molecule has 0 amide bonds. The molecule has 0 fully saturated rings. The van der Waals surface area contributed by atoms with Gasteiger partial charge in [0, 0.05) is 17.3 Å². The molecule has 134 valence electrons. The Kier molecular flexibility index (Phi) is 6.31. The number of hydrogen-bond acceptors (Lipinski definition) is 5. The van der Waals surface area contributed by atoms with Crippen LogP contribution >= 0.6 is 12.4 Å². The van der Waals surface area contributed by atoms with E-state index < -0.39 is 0 Å². The average molecular weight is 370 g/mol. The number of aryl methyl sites for hydroxylation is 2. The van der Waals surface area contributed by atoms with Crippen molar-refractivity contribution in [2.75, 3.05) is 12.4 Å². The summed E-state index contributed by atoms with van der Waals surface area (Å²) < 4.78 is 4.76. The minimum atomic E-state index is -0.372. The molecule has 0 aliphatic carbocycles. The van der Waals surface area contributed by atoms with Crippen LogP contribution in [0.4, 0.5) is 11.5 Å². The molecule has 1 N–H and O–H groups in total. The molecule has 3 aromatic rings. The maximum atomic E-state index is 11.7. The highest BCUT2D eigenvalue weighted by Gasteiger charge is 2.08. The van der Waals surface area contributed by atoms with Gasteiger partial charge in [-0.25, -0.2) is 14.8 Å². The van der Waals surface area contributed by atoms with Crippen LogP contribution in [-0.2, 0) is 4.74 Å². The van der Waals surface area contributed by atoms with E-state index in [1.165, 1.54) is 12.7 Å². The van der Waals surface area contributed by atoms with Crippen molar-refractivity contribution in [3.8, 4) is 11.3 Å². The summed E-state index contributed by atoms with van der Waals surface area (Å²) in [4.78, 5) is 20.6. The molecule has 0 aliphatic rings. The number of ether oxygens (including phenoxy) is 1. The first-order valence-electron chi connectivity index (χ1n) is 7.93. The van der Waals surface area contributed by atoms with Gasteiger partial charge in [-0.05, 0) is 38.1 Å². The van der Waals surface area contributed by atoms with Crippen LogP contribution in [0.5, 0.6) is 0 Å². The second-order valence-corrected chi connectivity index (χ2v) is 5.75. The fourth-order valence-corrected chi connectivity index (χ4v) is 2.57. The maximum Gasteiger partial charge on any atom is 0.337 e. The Morgan fingerprint density at radius 2 is 1.77 bits per heavy atom. The fourth-order valence-electron chi connectivity index (χ4n) is 2.57. The molecule has 2 aromatic carbocycles. The molecule has 3 rings (SSSR count). The van der Waals surface area contributed by atoms with E-state index in [2.05, 4.69) is 34.3 Å². The van der Waals surface area contributed by atoms with Crippen LogP contribution < -0.4 is 5.32 Å². The Morgan fingerprint density at radius 3 is 2.50 bits per heavy atom. The van der Waals surface area contributed by atoms with Crippen molar-refractivity contribution in [1.82, 2.24) is 9.97 Å². The molecule has 1 heterocycles. The van der Waals surface area contributed by atoms with Crippen LogP contribution in [0.3, 0.4) is 0 Å². The molecule has 0 spiro atoms. The molecule has 0 aliphatic heterocycles. The second-order valence-electron chi connectivity index (χ2n) is 5.75. The van der Waals surface area contributed by atoms with Crippen molar-refractivity contribution in [3.05, 3.63) is 71.5 Å². The smallest absolute Gasteiger partial charge is 0.337 e. The number of nitrogens with one attached hydrogen (secondary N) is 1. The number of carbonyl (C=O) groups excluding carboxylic acids is 1. The molecule has 0 saturated carbocycles. The Balaban J connectivity index is 0.00000243. The van der Waals surface area contributed by atoms with E-state index in [1.54, 1.807) is 18.2 Å². The van der Waals surface area contributed by atoms with E-state index in [-0.39, 0.29) is 18.4 Å². The predicted molar refractivity (Wildman–Crippen MR) is 105 cm³/mol. The van der Waals surface area contributed by atoms with E-state index in [4.69, 9.17) is 4.74 Å². The molecule has 0 saturated heterocycles. The molecule has 1 aromatic heterocycles. The number of halogens is 1. The van der Waals surface area contributed by atoms with E-state index in [9.17, 15) is 4.79 Å². The zero-order valence-corrected chi connectivity index (χ0v) is 15.6. The summed E-state index contributed by atoms with van der Waals surface area (Å²) in [7, 11) is 1.37. The Hall–Kier alpha value is -2.92. The number of nitrogens with zero attached hydrogens (tertiary/aromatic N) is 2. The highest BCUT2D eigenvalue weighted by atomic mass is 35.5. The fraction of sp³-hybridized carbons (Fsp3) is 0.150. The number of aromatic nitrogens is 2. The zero-order chi connectivity index (χ0) is 17.8. The first-order valence-corrected chi connectivity index (χ1v) is 7.93. The van der Waals surface area contributed by atoms with Crippen molar-refractivity contribution < 1.29 is 9.53 Å². The molecule has 0 unspecified atom stereocenters. The predicted octanol–water partition coefficient (Wildman–Crippen LogP) is 4.71. The van der Waals surface area contributed by atoms with E-state index in [0.29, 0.717) is 17.2 Å². The molecule has 6 heteroatoms. The number of benzene rings is 2. The quantitative estimate of drug-likeness (QED) is 0.674. The van der Waals surface area contributed by atoms with Crippen LogP contribution in [0.1, 0.15) is 21.7 Å². The number of rotatable bonds is 4. The monoisotopic (exact) mass is 369 g/mol. The molecule has 5 nitrogen and oxygen atoms in total. The first-order chi connectivity index (χ1) is 12.0. The van der Waals surface area contributed by atoms with Crippen LogP contribution in [0.2, 0.25) is 0 Å². The van der Waals surface area contributed by atoms with Crippen molar-refractivity contribution in [1.29, 1.82) is 0 Å². The van der Waals surface area contributed by atoms with Gasteiger partial charge in [0.05, 0.1) is 18.4 Å². The van der Waals surface area contributed by atoms with Crippen molar-refractivity contribution in [2.24, 2.45) is 0 Å². The largest absolute Gasteiger partial charge is 0.465 e. The minimum Gasteiger partial charge on any atom is -0.465 e. The lowest BCUT2D eigenvalue weighted by molar-refractivity contribution is 0.0601. The SMILES string of the molecule is COC(=O)c1cccc(Nc2cc(-c3cccc(C)c3)nc(C)n2)c1.Cl. The van der Waals surface area contributed by atoms with Crippen molar-refractivity contribution >= 4 is 29.9 Å². The van der Waals surface area contributed by atoms with Gasteiger partial charge in [0.2, 0.25) is 0 Å². The third-order valence-electron chi connectivity index (χ3n) is 3.71. The maximum absolute atomic E-state index is 11.7. The van der Waals surface area contributed by atoms with E-state index in [0.717, 1.165) is 16.9 Å². The van der Waals surface area contributed by atoms with Gasteiger partial charge in [0.15, 0.2) is 0 Å². The molecule has 26 heavy (non-hydrogen) atoms. The van der Waals surface area contributed by atoms with Gasteiger partial charge in [-0.15, -0.1) is 12.4 Å². The van der Waals surface area contributed by atoms with Crippen molar-refractivity contribution in [2.45, 2.75) is 13.8 Å². The summed E-state index contributed by atoms with van der Waals surface area (Å²) in [5, 5.41) is 3.23. The van der Waals surface area contributed by atoms with Crippen LogP contribution in [0, 0.1) is 13.8 Å². The third kappa shape index (κ3) is 4.58. The number of esters is 1. The molecule has 0 atom stereocenters. The molecule has 0 bridgehead atoms. The summed E-state index contributed by atoms with van der Waals surface area (Å²) in [6.07, 6.45) is 0. The van der Waals surface area contributed by atoms with E-state index >= 15 is 0 Å². The number of methoxy groups -OCH3 is 1. The molecular weight excluding hydrogens is 350 g/mol. The highest BCUT2D eigenvalue weighted by Crippen LogP contribution is 2.23. The molecule has 0 radical (unpaired) electrons. The lowest BCUT2D eigenvalue weighted by Gasteiger charge is -2.10. The van der Waals surface area contributed by atoms with Gasteiger partial charge in [-0.1, -0.05) is 29.8 Å². The van der Waals surface area contributed by atoms with Gasteiger partial charge in [0.25, 0.3) is 0 Å². The third-order valence-corrected chi connectivity index (χ3v) is 3.71. The number of carbonyl (C=O) groups is 1. The molecular formula is C20H20ClN3O2. The van der Waals surface area contributed by atoms with Gasteiger partial charge in [0.1, 0.15) is 11.6 Å². The lowest BCUT2D eigenvalue weighted by atomic mass is 10.1. The topological polar surface area (TPSA) is 64.1 Å². The second kappa shape index (κ2) is 8.45. The van der Waals surface area contributed by atoms with Crippen LogP contribution in [0.25, 0.3) is 11.3 Å². The Morgan fingerprint density at radius 1 is 1.00 bits per heavy atom.